The molecule has 0 saturated heterocycles. The lowest BCUT2D eigenvalue weighted by molar-refractivity contribution is -0.156. The van der Waals surface area contributed by atoms with Crippen LogP contribution in [-0.4, -0.2) is 46.1 Å². The van der Waals surface area contributed by atoms with Crippen LogP contribution in [-0.2, 0) is 20.7 Å². The van der Waals surface area contributed by atoms with Gasteiger partial charge in [-0.3, -0.25) is 0 Å². The molecule has 0 N–H and O–H groups in total. The Kier molecular flexibility index (Phi) is 10.4. The SMILES string of the molecule is CCOC(=O)C(Cc1ccc(OCC=C(c2cccc(OC)c2)c2cccc(OC)c2)cc1)OCC. The van der Waals surface area contributed by atoms with Gasteiger partial charge in [0.1, 0.15) is 23.9 Å². The van der Waals surface area contributed by atoms with Gasteiger partial charge in [0.2, 0.25) is 0 Å². The molecule has 0 bridgehead atoms. The normalized spacial score (nSPS) is 11.3. The number of hydrogen-bond donors (Lipinski definition) is 0. The molecule has 0 amide bonds. The van der Waals surface area contributed by atoms with Crippen molar-refractivity contribution in [3.05, 3.63) is 95.6 Å². The van der Waals surface area contributed by atoms with Crippen molar-refractivity contribution in [2.24, 2.45) is 0 Å². The van der Waals surface area contributed by atoms with Crippen LogP contribution >= 0.6 is 0 Å². The van der Waals surface area contributed by atoms with Gasteiger partial charge in [-0.2, -0.15) is 0 Å². The number of carbonyl (C=O) groups is 1. The van der Waals surface area contributed by atoms with E-state index in [0.29, 0.717) is 26.2 Å². The Hall–Kier alpha value is -3.77. The molecule has 0 saturated carbocycles. The molecule has 0 aliphatic carbocycles. The Morgan fingerprint density at radius 2 is 1.42 bits per heavy atom. The van der Waals surface area contributed by atoms with Crippen LogP contribution in [0, 0.1) is 0 Å². The molecule has 36 heavy (non-hydrogen) atoms. The van der Waals surface area contributed by atoms with Gasteiger partial charge in [-0.15, -0.1) is 0 Å². The fraction of sp³-hybridized carbons (Fsp3) is 0.300. The van der Waals surface area contributed by atoms with Crippen molar-refractivity contribution in [1.82, 2.24) is 0 Å². The molecule has 3 rings (SSSR count). The number of rotatable bonds is 13. The van der Waals surface area contributed by atoms with E-state index in [1.807, 2.05) is 85.8 Å². The summed E-state index contributed by atoms with van der Waals surface area (Å²) in [5.41, 5.74) is 4.02. The zero-order valence-corrected chi connectivity index (χ0v) is 21.4. The summed E-state index contributed by atoms with van der Waals surface area (Å²) in [6, 6.07) is 23.5. The summed E-state index contributed by atoms with van der Waals surface area (Å²) in [5.74, 6) is 1.96. The monoisotopic (exact) mass is 490 g/mol. The van der Waals surface area contributed by atoms with Crippen molar-refractivity contribution >= 4 is 11.5 Å². The third-order valence-corrected chi connectivity index (χ3v) is 5.56. The van der Waals surface area contributed by atoms with E-state index in [-0.39, 0.29) is 5.97 Å². The largest absolute Gasteiger partial charge is 0.497 e. The minimum absolute atomic E-state index is 0.330. The van der Waals surface area contributed by atoms with Crippen molar-refractivity contribution in [1.29, 1.82) is 0 Å². The van der Waals surface area contributed by atoms with E-state index in [1.54, 1.807) is 21.1 Å². The fourth-order valence-electron chi connectivity index (χ4n) is 3.79. The van der Waals surface area contributed by atoms with Crippen LogP contribution in [0.25, 0.3) is 5.57 Å². The van der Waals surface area contributed by atoms with Crippen LogP contribution in [0.2, 0.25) is 0 Å². The Labute approximate surface area is 213 Å². The maximum atomic E-state index is 12.1. The lowest BCUT2D eigenvalue weighted by atomic mass is 9.97. The maximum Gasteiger partial charge on any atom is 0.335 e. The topological polar surface area (TPSA) is 63.2 Å². The van der Waals surface area contributed by atoms with Gasteiger partial charge in [0.25, 0.3) is 0 Å². The third-order valence-electron chi connectivity index (χ3n) is 5.56. The predicted molar refractivity (Wildman–Crippen MR) is 141 cm³/mol. The van der Waals surface area contributed by atoms with Crippen LogP contribution in [0.3, 0.4) is 0 Å². The molecule has 190 valence electrons. The van der Waals surface area contributed by atoms with Crippen LogP contribution in [0.15, 0.2) is 78.9 Å². The number of carbonyl (C=O) groups excluding carboxylic acids is 1. The molecule has 1 unspecified atom stereocenters. The van der Waals surface area contributed by atoms with Gasteiger partial charge < -0.3 is 23.7 Å². The second kappa shape index (κ2) is 14.0. The van der Waals surface area contributed by atoms with E-state index in [0.717, 1.165) is 39.5 Å². The first-order valence-corrected chi connectivity index (χ1v) is 12.1. The first-order valence-electron chi connectivity index (χ1n) is 12.1. The number of benzene rings is 3. The van der Waals surface area contributed by atoms with Gasteiger partial charge in [-0.1, -0.05) is 36.4 Å². The van der Waals surface area contributed by atoms with E-state index in [4.69, 9.17) is 23.7 Å². The van der Waals surface area contributed by atoms with E-state index >= 15 is 0 Å². The van der Waals surface area contributed by atoms with Gasteiger partial charge in [0.05, 0.1) is 20.8 Å². The number of ether oxygens (including phenoxy) is 5. The van der Waals surface area contributed by atoms with Gasteiger partial charge >= 0.3 is 5.97 Å². The molecule has 3 aromatic carbocycles. The second-order valence-corrected chi connectivity index (χ2v) is 7.94. The quantitative estimate of drug-likeness (QED) is 0.285. The van der Waals surface area contributed by atoms with E-state index in [9.17, 15) is 4.79 Å². The summed E-state index contributed by atoms with van der Waals surface area (Å²) in [6.07, 6.45) is 1.88. The van der Waals surface area contributed by atoms with Crippen molar-refractivity contribution in [2.45, 2.75) is 26.4 Å². The average Bonchev–Trinajstić information content (AvgIpc) is 2.92. The van der Waals surface area contributed by atoms with E-state index in [2.05, 4.69) is 0 Å². The molecule has 6 heteroatoms. The van der Waals surface area contributed by atoms with Crippen LogP contribution in [0.5, 0.6) is 17.2 Å². The highest BCUT2D eigenvalue weighted by Gasteiger charge is 2.20. The summed E-state index contributed by atoms with van der Waals surface area (Å²) >= 11 is 0. The summed E-state index contributed by atoms with van der Waals surface area (Å²) in [5, 5.41) is 0. The van der Waals surface area contributed by atoms with Gasteiger partial charge in [-0.25, -0.2) is 4.79 Å². The lowest BCUT2D eigenvalue weighted by Gasteiger charge is -2.16. The summed E-state index contributed by atoms with van der Waals surface area (Å²) in [6.45, 7) is 4.79. The van der Waals surface area contributed by atoms with Gasteiger partial charge in [0.15, 0.2) is 6.10 Å². The Morgan fingerprint density at radius 3 is 1.94 bits per heavy atom. The number of esters is 1. The molecule has 6 nitrogen and oxygen atoms in total. The summed E-state index contributed by atoms with van der Waals surface area (Å²) < 4.78 is 27.6. The Balaban J connectivity index is 1.74. The average molecular weight is 491 g/mol. The number of hydrogen-bond acceptors (Lipinski definition) is 6. The molecule has 0 aliphatic rings. The molecular formula is C30H34O6. The highest BCUT2D eigenvalue weighted by molar-refractivity contribution is 5.81. The highest BCUT2D eigenvalue weighted by Crippen LogP contribution is 2.29. The smallest absolute Gasteiger partial charge is 0.335 e. The maximum absolute atomic E-state index is 12.1. The molecule has 0 aliphatic heterocycles. The van der Waals surface area contributed by atoms with Crippen LogP contribution in [0.1, 0.15) is 30.5 Å². The van der Waals surface area contributed by atoms with Crippen molar-refractivity contribution in [3.63, 3.8) is 0 Å². The van der Waals surface area contributed by atoms with Gasteiger partial charge in [-0.05, 0) is 78.6 Å². The molecular weight excluding hydrogens is 456 g/mol. The molecule has 3 aromatic rings. The first kappa shape index (κ1) is 26.8. The highest BCUT2D eigenvalue weighted by atomic mass is 16.6. The molecule has 0 heterocycles. The molecule has 0 fully saturated rings. The van der Waals surface area contributed by atoms with Crippen molar-refractivity contribution in [2.75, 3.05) is 34.0 Å². The zero-order chi connectivity index (χ0) is 25.8. The summed E-state index contributed by atoms with van der Waals surface area (Å²) in [4.78, 5) is 12.1. The fourth-order valence-corrected chi connectivity index (χ4v) is 3.79. The van der Waals surface area contributed by atoms with Crippen molar-refractivity contribution < 1.29 is 28.5 Å². The van der Waals surface area contributed by atoms with E-state index in [1.165, 1.54) is 0 Å². The van der Waals surface area contributed by atoms with Crippen molar-refractivity contribution in [3.8, 4) is 17.2 Å². The van der Waals surface area contributed by atoms with Crippen LogP contribution < -0.4 is 14.2 Å². The molecule has 0 spiro atoms. The lowest BCUT2D eigenvalue weighted by Crippen LogP contribution is -2.28. The molecule has 0 radical (unpaired) electrons. The van der Waals surface area contributed by atoms with Crippen LogP contribution in [0.4, 0.5) is 0 Å². The Bertz CT molecular complexity index is 1090. The predicted octanol–water partition coefficient (Wildman–Crippen LogP) is 5.73. The minimum Gasteiger partial charge on any atom is -0.497 e. The Morgan fingerprint density at radius 1 is 0.806 bits per heavy atom. The van der Waals surface area contributed by atoms with Gasteiger partial charge in [0, 0.05) is 13.0 Å². The standard InChI is InChI=1S/C30H34O6/c1-5-34-29(30(31)35-6-2)19-22-13-15-25(16-14-22)36-18-17-28(23-9-7-11-26(20-23)32-3)24-10-8-12-27(21-24)33-4/h7-17,20-21,29H,5-6,18-19H2,1-4H3. The third kappa shape index (κ3) is 7.62. The molecule has 0 aromatic heterocycles. The number of methoxy groups -OCH3 is 2. The molecule has 1 atom stereocenters. The second-order valence-electron chi connectivity index (χ2n) is 7.94. The summed E-state index contributed by atoms with van der Waals surface area (Å²) in [7, 11) is 3.31. The first-order chi connectivity index (χ1) is 17.6. The zero-order valence-electron chi connectivity index (χ0n) is 21.4. The minimum atomic E-state index is -0.613. The van der Waals surface area contributed by atoms with E-state index < -0.39 is 6.10 Å².